The first kappa shape index (κ1) is 12.9. The lowest BCUT2D eigenvalue weighted by molar-refractivity contribution is 0.177. The second-order valence-electron chi connectivity index (χ2n) is 3.19. The fourth-order valence-electron chi connectivity index (χ4n) is 1.37. The topological polar surface area (TPSA) is 32.3 Å². The molecule has 0 aliphatic heterocycles. The van der Waals surface area contributed by atoms with Gasteiger partial charge in [-0.15, -0.1) is 23.5 Å². The largest absolute Gasteiger partial charge is 0.387 e. The summed E-state index contributed by atoms with van der Waals surface area (Å²) in [5, 5.41) is 12.8. The maximum Gasteiger partial charge on any atom is 0.0914 e. The third-order valence-corrected chi connectivity index (χ3v) is 3.89. The molecular weight excluding hydrogens is 226 g/mol. The summed E-state index contributed by atoms with van der Waals surface area (Å²) >= 11 is 3.45. The number of hydrogen-bond acceptors (Lipinski definition) is 4. The summed E-state index contributed by atoms with van der Waals surface area (Å²) in [7, 11) is 1.84. The van der Waals surface area contributed by atoms with Crippen LogP contribution in [-0.4, -0.2) is 31.2 Å². The van der Waals surface area contributed by atoms with Gasteiger partial charge in [0.25, 0.3) is 0 Å². The lowest BCUT2D eigenvalue weighted by atomic mass is 10.1. The number of likely N-dealkylation sites (N-methyl/N-ethyl adjacent to an activating group) is 1. The summed E-state index contributed by atoms with van der Waals surface area (Å²) < 4.78 is 0. The Morgan fingerprint density at radius 3 is 2.47 bits per heavy atom. The Kier molecular flexibility index (Phi) is 5.53. The van der Waals surface area contributed by atoms with Crippen LogP contribution < -0.4 is 5.32 Å². The van der Waals surface area contributed by atoms with E-state index in [4.69, 9.17) is 0 Å². The van der Waals surface area contributed by atoms with Gasteiger partial charge in [0.1, 0.15) is 0 Å². The number of nitrogens with one attached hydrogen (secondary N) is 1. The summed E-state index contributed by atoms with van der Waals surface area (Å²) in [5.41, 5.74) is 0.978. The van der Waals surface area contributed by atoms with Gasteiger partial charge in [-0.1, -0.05) is 6.07 Å². The average Bonchev–Trinajstić information content (AvgIpc) is 2.28. The number of thioether (sulfide) groups is 2. The summed E-state index contributed by atoms with van der Waals surface area (Å²) in [6.07, 6.45) is 3.71. The first-order chi connectivity index (χ1) is 7.22. The maximum atomic E-state index is 9.83. The average molecular weight is 243 g/mol. The van der Waals surface area contributed by atoms with Gasteiger partial charge < -0.3 is 10.4 Å². The molecule has 1 rings (SSSR count). The van der Waals surface area contributed by atoms with E-state index in [0.717, 1.165) is 5.56 Å². The normalized spacial score (nSPS) is 12.8. The summed E-state index contributed by atoms with van der Waals surface area (Å²) in [6, 6.07) is 6.14. The van der Waals surface area contributed by atoms with Gasteiger partial charge in [-0.2, -0.15) is 0 Å². The van der Waals surface area contributed by atoms with E-state index in [1.807, 2.05) is 13.1 Å². The van der Waals surface area contributed by atoms with Gasteiger partial charge in [-0.25, -0.2) is 0 Å². The van der Waals surface area contributed by atoms with Crippen LogP contribution in [0.5, 0.6) is 0 Å². The maximum absolute atomic E-state index is 9.83. The fraction of sp³-hybridized carbons (Fsp3) is 0.455. The van der Waals surface area contributed by atoms with Crippen molar-refractivity contribution in [2.75, 3.05) is 26.1 Å². The smallest absolute Gasteiger partial charge is 0.0914 e. The zero-order valence-corrected chi connectivity index (χ0v) is 10.9. The van der Waals surface area contributed by atoms with Crippen molar-refractivity contribution in [3.05, 3.63) is 23.8 Å². The van der Waals surface area contributed by atoms with Crippen molar-refractivity contribution in [2.45, 2.75) is 15.9 Å². The molecule has 1 aromatic rings. The van der Waals surface area contributed by atoms with Crippen LogP contribution in [-0.2, 0) is 0 Å². The molecule has 2 nitrogen and oxygen atoms in total. The van der Waals surface area contributed by atoms with Gasteiger partial charge in [0.2, 0.25) is 0 Å². The number of aliphatic hydroxyl groups is 1. The minimum Gasteiger partial charge on any atom is -0.387 e. The predicted octanol–water partition coefficient (Wildman–Crippen LogP) is 2.38. The van der Waals surface area contributed by atoms with Crippen molar-refractivity contribution in [3.8, 4) is 0 Å². The third-order valence-electron chi connectivity index (χ3n) is 2.19. The number of benzene rings is 1. The number of hydrogen-bond donors (Lipinski definition) is 2. The third kappa shape index (κ3) is 3.41. The van der Waals surface area contributed by atoms with Crippen LogP contribution in [0.2, 0.25) is 0 Å². The van der Waals surface area contributed by atoms with E-state index in [9.17, 15) is 5.11 Å². The molecule has 4 heteroatoms. The quantitative estimate of drug-likeness (QED) is 0.778. The van der Waals surface area contributed by atoms with E-state index in [-0.39, 0.29) is 0 Å². The van der Waals surface area contributed by atoms with E-state index < -0.39 is 6.10 Å². The Hall–Kier alpha value is -0.160. The van der Waals surface area contributed by atoms with Crippen molar-refractivity contribution >= 4 is 23.5 Å². The number of aliphatic hydroxyl groups excluding tert-OH is 1. The van der Waals surface area contributed by atoms with Gasteiger partial charge in [0, 0.05) is 16.3 Å². The molecule has 0 bridgehead atoms. The molecule has 2 N–H and O–H groups in total. The van der Waals surface area contributed by atoms with Crippen molar-refractivity contribution < 1.29 is 5.11 Å². The first-order valence-corrected chi connectivity index (χ1v) is 7.22. The Labute approximate surface area is 99.8 Å². The predicted molar refractivity (Wildman–Crippen MR) is 68.9 cm³/mol. The van der Waals surface area contributed by atoms with Crippen LogP contribution in [0.3, 0.4) is 0 Å². The van der Waals surface area contributed by atoms with E-state index in [2.05, 4.69) is 30.0 Å². The van der Waals surface area contributed by atoms with E-state index in [1.54, 1.807) is 23.5 Å². The summed E-state index contributed by atoms with van der Waals surface area (Å²) in [6.45, 7) is 0.590. The lowest BCUT2D eigenvalue weighted by Gasteiger charge is -2.13. The minimum absolute atomic E-state index is 0.420. The highest BCUT2D eigenvalue weighted by Gasteiger charge is 2.09. The molecule has 15 heavy (non-hydrogen) atoms. The van der Waals surface area contributed by atoms with Crippen molar-refractivity contribution in [2.24, 2.45) is 0 Å². The Morgan fingerprint density at radius 1 is 1.27 bits per heavy atom. The molecule has 1 atom stereocenters. The minimum atomic E-state index is -0.420. The zero-order valence-electron chi connectivity index (χ0n) is 9.28. The molecule has 0 aromatic heterocycles. The van der Waals surface area contributed by atoms with Crippen molar-refractivity contribution in [1.82, 2.24) is 5.32 Å². The number of rotatable bonds is 5. The SMILES string of the molecule is CNCC(O)c1ccc(SC)c(SC)c1. The van der Waals surface area contributed by atoms with Crippen LogP contribution in [0.1, 0.15) is 11.7 Å². The van der Waals surface area contributed by atoms with Crippen molar-refractivity contribution in [3.63, 3.8) is 0 Å². The second-order valence-corrected chi connectivity index (χ2v) is 4.88. The molecular formula is C11H17NOS2. The van der Waals surface area contributed by atoms with E-state index in [1.165, 1.54) is 9.79 Å². The Balaban J connectivity index is 2.92. The second kappa shape index (κ2) is 6.43. The highest BCUT2D eigenvalue weighted by Crippen LogP contribution is 2.30. The molecule has 0 radical (unpaired) electrons. The molecule has 1 aromatic carbocycles. The molecule has 0 fully saturated rings. The van der Waals surface area contributed by atoms with Crippen LogP contribution in [0.15, 0.2) is 28.0 Å². The molecule has 0 aliphatic carbocycles. The molecule has 0 aliphatic rings. The van der Waals surface area contributed by atoms with Crippen LogP contribution in [0, 0.1) is 0 Å². The molecule has 0 amide bonds. The molecule has 0 saturated carbocycles. The van der Waals surface area contributed by atoms with E-state index in [0.29, 0.717) is 6.54 Å². The molecule has 0 saturated heterocycles. The summed E-state index contributed by atoms with van der Waals surface area (Å²) in [5.74, 6) is 0. The van der Waals surface area contributed by atoms with E-state index >= 15 is 0 Å². The highest BCUT2D eigenvalue weighted by atomic mass is 32.2. The fourth-order valence-corrected chi connectivity index (χ4v) is 2.86. The molecule has 1 unspecified atom stereocenters. The van der Waals surface area contributed by atoms with Gasteiger partial charge in [0.05, 0.1) is 6.10 Å². The molecule has 0 heterocycles. The van der Waals surface area contributed by atoms with Crippen molar-refractivity contribution in [1.29, 1.82) is 0 Å². The summed E-state index contributed by atoms with van der Waals surface area (Å²) in [4.78, 5) is 2.50. The van der Waals surface area contributed by atoms with Crippen LogP contribution in [0.4, 0.5) is 0 Å². The first-order valence-electron chi connectivity index (χ1n) is 4.77. The zero-order chi connectivity index (χ0) is 11.3. The molecule has 0 spiro atoms. The monoisotopic (exact) mass is 243 g/mol. The van der Waals surface area contributed by atoms with Gasteiger partial charge in [-0.3, -0.25) is 0 Å². The van der Waals surface area contributed by atoms with Gasteiger partial charge >= 0.3 is 0 Å². The van der Waals surface area contributed by atoms with Gasteiger partial charge in [-0.05, 0) is 37.3 Å². The Morgan fingerprint density at radius 2 is 1.93 bits per heavy atom. The lowest BCUT2D eigenvalue weighted by Crippen LogP contribution is -2.16. The standard InChI is InChI=1S/C11H17NOS2/c1-12-7-9(13)8-4-5-10(14-2)11(6-8)15-3/h4-6,9,12-13H,7H2,1-3H3. The van der Waals surface area contributed by atoms with Crippen LogP contribution in [0.25, 0.3) is 0 Å². The molecule has 84 valence electrons. The highest BCUT2D eigenvalue weighted by molar-refractivity contribution is 8.01. The van der Waals surface area contributed by atoms with Gasteiger partial charge in [0.15, 0.2) is 0 Å². The Bertz CT molecular complexity index is 317. The van der Waals surface area contributed by atoms with Crippen LogP contribution >= 0.6 is 23.5 Å².